The summed E-state index contributed by atoms with van der Waals surface area (Å²) in [5.74, 6) is -0.283. The molecule has 0 fully saturated rings. The maximum atomic E-state index is 11.0. The van der Waals surface area contributed by atoms with Crippen molar-refractivity contribution in [2.24, 2.45) is 5.92 Å². The first-order valence-electron chi connectivity index (χ1n) is 3.92. The summed E-state index contributed by atoms with van der Waals surface area (Å²) >= 11 is 11.7. The van der Waals surface area contributed by atoms with E-state index < -0.39 is 0 Å². The lowest BCUT2D eigenvalue weighted by Crippen LogP contribution is -2.12. The maximum Gasteiger partial charge on any atom is 0.306 e. The van der Waals surface area contributed by atoms with Crippen LogP contribution in [0.2, 0.25) is 0 Å². The van der Waals surface area contributed by atoms with Gasteiger partial charge in [0.2, 0.25) is 0 Å². The molecule has 13 heavy (non-hydrogen) atoms. The number of allylic oxidation sites excluding steroid dienone is 4. The maximum absolute atomic E-state index is 11.0. The number of ether oxygens (including phenoxy) is 1. The zero-order valence-corrected chi connectivity index (χ0v) is 8.73. The standard InChI is InChI=1S/C9H10Cl2O2/c1-13-9(12)5-6-4-7(10)2-3-8(6)11/h2-3,6H,4-5H2,1H3/t6-/m0/s1. The Morgan fingerprint density at radius 1 is 1.62 bits per heavy atom. The van der Waals surface area contributed by atoms with E-state index in [9.17, 15) is 4.79 Å². The van der Waals surface area contributed by atoms with E-state index in [-0.39, 0.29) is 18.3 Å². The Morgan fingerprint density at radius 2 is 2.31 bits per heavy atom. The van der Waals surface area contributed by atoms with Crippen LogP contribution in [0.5, 0.6) is 0 Å². The van der Waals surface area contributed by atoms with E-state index in [1.807, 2.05) is 0 Å². The third-order valence-corrected chi connectivity index (χ3v) is 2.61. The average Bonchev–Trinajstić information content (AvgIpc) is 2.11. The highest BCUT2D eigenvalue weighted by Gasteiger charge is 2.20. The van der Waals surface area contributed by atoms with Crippen molar-refractivity contribution in [3.05, 3.63) is 22.2 Å². The molecule has 72 valence electrons. The van der Waals surface area contributed by atoms with E-state index >= 15 is 0 Å². The van der Waals surface area contributed by atoms with Crippen LogP contribution in [0.3, 0.4) is 0 Å². The first kappa shape index (κ1) is 10.6. The molecule has 0 aromatic rings. The highest BCUT2D eigenvalue weighted by molar-refractivity contribution is 6.32. The third-order valence-electron chi connectivity index (χ3n) is 1.90. The Hall–Kier alpha value is -0.470. The van der Waals surface area contributed by atoms with Crippen molar-refractivity contribution in [2.75, 3.05) is 7.11 Å². The number of halogens is 2. The Labute approximate surface area is 87.2 Å². The number of carbonyl (C=O) groups excluding carboxylic acids is 1. The van der Waals surface area contributed by atoms with E-state index in [1.54, 1.807) is 12.2 Å². The Balaban J connectivity index is 2.58. The van der Waals surface area contributed by atoms with Crippen molar-refractivity contribution in [2.45, 2.75) is 12.8 Å². The molecule has 1 aliphatic carbocycles. The van der Waals surface area contributed by atoms with Crippen LogP contribution in [-0.4, -0.2) is 13.1 Å². The molecule has 2 nitrogen and oxygen atoms in total. The first-order valence-corrected chi connectivity index (χ1v) is 4.67. The number of rotatable bonds is 2. The molecule has 1 rings (SSSR count). The summed E-state index contributed by atoms with van der Waals surface area (Å²) in [5.41, 5.74) is 0. The fourth-order valence-corrected chi connectivity index (χ4v) is 1.63. The zero-order chi connectivity index (χ0) is 9.84. The summed E-state index contributed by atoms with van der Waals surface area (Å²) in [6.07, 6.45) is 4.38. The fraction of sp³-hybridized carbons (Fsp3) is 0.444. The zero-order valence-electron chi connectivity index (χ0n) is 7.22. The minimum absolute atomic E-state index is 0.0217. The highest BCUT2D eigenvalue weighted by atomic mass is 35.5. The summed E-state index contributed by atoms with van der Waals surface area (Å²) in [6, 6.07) is 0. The minimum Gasteiger partial charge on any atom is -0.469 e. The van der Waals surface area contributed by atoms with Gasteiger partial charge in [0.05, 0.1) is 13.5 Å². The van der Waals surface area contributed by atoms with Crippen LogP contribution in [0.15, 0.2) is 22.2 Å². The van der Waals surface area contributed by atoms with Crippen LogP contribution >= 0.6 is 23.2 Å². The number of methoxy groups -OCH3 is 1. The molecule has 1 atom stereocenters. The van der Waals surface area contributed by atoms with E-state index in [1.165, 1.54) is 7.11 Å². The monoisotopic (exact) mass is 220 g/mol. The minimum atomic E-state index is -0.261. The Kier molecular flexibility index (Phi) is 3.82. The number of carbonyl (C=O) groups is 1. The van der Waals surface area contributed by atoms with E-state index in [4.69, 9.17) is 23.2 Å². The Bertz CT molecular complexity index is 269. The molecule has 0 spiro atoms. The van der Waals surface area contributed by atoms with E-state index in [0.29, 0.717) is 11.5 Å². The molecule has 0 aromatic heterocycles. The second-order valence-corrected chi connectivity index (χ2v) is 3.77. The summed E-state index contributed by atoms with van der Waals surface area (Å²) in [4.78, 5) is 11.0. The lowest BCUT2D eigenvalue weighted by molar-refractivity contribution is -0.141. The molecular weight excluding hydrogens is 211 g/mol. The van der Waals surface area contributed by atoms with E-state index in [2.05, 4.69) is 4.74 Å². The van der Waals surface area contributed by atoms with Gasteiger partial charge in [-0.05, 0) is 18.6 Å². The SMILES string of the molecule is COC(=O)C[C@@H]1CC(Cl)=CC=C1Cl. The van der Waals surface area contributed by atoms with Crippen LogP contribution in [-0.2, 0) is 9.53 Å². The van der Waals surface area contributed by atoms with Crippen LogP contribution in [0, 0.1) is 5.92 Å². The molecule has 0 amide bonds. The van der Waals surface area contributed by atoms with Crippen molar-refractivity contribution in [1.29, 1.82) is 0 Å². The molecule has 0 bridgehead atoms. The molecule has 0 unspecified atom stereocenters. The quantitative estimate of drug-likeness (QED) is 0.670. The molecule has 0 saturated carbocycles. The largest absolute Gasteiger partial charge is 0.469 e. The van der Waals surface area contributed by atoms with Crippen molar-refractivity contribution < 1.29 is 9.53 Å². The summed E-state index contributed by atoms with van der Waals surface area (Å²) < 4.78 is 4.55. The van der Waals surface area contributed by atoms with Gasteiger partial charge in [-0.2, -0.15) is 0 Å². The fourth-order valence-electron chi connectivity index (χ4n) is 1.16. The molecule has 0 saturated heterocycles. The summed E-state index contributed by atoms with van der Waals surface area (Å²) in [7, 11) is 1.36. The second-order valence-electron chi connectivity index (χ2n) is 2.85. The van der Waals surface area contributed by atoms with Crippen molar-refractivity contribution in [3.8, 4) is 0 Å². The van der Waals surface area contributed by atoms with Gasteiger partial charge in [-0.25, -0.2) is 0 Å². The van der Waals surface area contributed by atoms with Crippen LogP contribution < -0.4 is 0 Å². The summed E-state index contributed by atoms with van der Waals surface area (Å²) in [5, 5.41) is 1.38. The molecule has 1 aliphatic rings. The lowest BCUT2D eigenvalue weighted by atomic mass is 9.97. The molecule has 0 radical (unpaired) electrons. The summed E-state index contributed by atoms with van der Waals surface area (Å²) in [6.45, 7) is 0. The molecule has 0 N–H and O–H groups in total. The van der Waals surface area contributed by atoms with Gasteiger partial charge in [-0.1, -0.05) is 23.2 Å². The Morgan fingerprint density at radius 3 is 2.92 bits per heavy atom. The van der Waals surface area contributed by atoms with Gasteiger partial charge in [-0.15, -0.1) is 0 Å². The molecular formula is C9H10Cl2O2. The molecule has 0 heterocycles. The highest BCUT2D eigenvalue weighted by Crippen LogP contribution is 2.32. The van der Waals surface area contributed by atoms with Crippen LogP contribution in [0.4, 0.5) is 0 Å². The smallest absolute Gasteiger partial charge is 0.306 e. The molecule has 4 heteroatoms. The number of hydrogen-bond acceptors (Lipinski definition) is 2. The van der Waals surface area contributed by atoms with Crippen molar-refractivity contribution in [3.63, 3.8) is 0 Å². The first-order chi connectivity index (χ1) is 6.13. The molecule has 0 aliphatic heterocycles. The predicted molar refractivity (Wildman–Crippen MR) is 52.6 cm³/mol. The van der Waals surface area contributed by atoms with Gasteiger partial charge in [-0.3, -0.25) is 4.79 Å². The van der Waals surface area contributed by atoms with Gasteiger partial charge in [0, 0.05) is 16.0 Å². The van der Waals surface area contributed by atoms with Gasteiger partial charge >= 0.3 is 5.97 Å². The van der Waals surface area contributed by atoms with Gasteiger partial charge in [0.1, 0.15) is 0 Å². The second kappa shape index (κ2) is 4.68. The predicted octanol–water partition coefficient (Wildman–Crippen LogP) is 2.81. The average molecular weight is 221 g/mol. The van der Waals surface area contributed by atoms with E-state index in [0.717, 1.165) is 5.03 Å². The topological polar surface area (TPSA) is 26.3 Å². The van der Waals surface area contributed by atoms with Gasteiger partial charge < -0.3 is 4.74 Å². The van der Waals surface area contributed by atoms with Crippen LogP contribution in [0.25, 0.3) is 0 Å². The van der Waals surface area contributed by atoms with Crippen LogP contribution in [0.1, 0.15) is 12.8 Å². The van der Waals surface area contributed by atoms with Crippen molar-refractivity contribution in [1.82, 2.24) is 0 Å². The molecule has 0 aromatic carbocycles. The normalized spacial score (nSPS) is 21.9. The third kappa shape index (κ3) is 3.05. The van der Waals surface area contributed by atoms with Gasteiger partial charge in [0.25, 0.3) is 0 Å². The van der Waals surface area contributed by atoms with Crippen molar-refractivity contribution >= 4 is 29.2 Å². The lowest BCUT2D eigenvalue weighted by Gasteiger charge is -2.17. The number of hydrogen-bond donors (Lipinski definition) is 0. The number of esters is 1. The van der Waals surface area contributed by atoms with Gasteiger partial charge in [0.15, 0.2) is 0 Å².